The summed E-state index contributed by atoms with van der Waals surface area (Å²) in [5.41, 5.74) is -1.50. The molecule has 0 rings (SSSR count). The van der Waals surface area contributed by atoms with Gasteiger partial charge in [0, 0.05) is 0 Å². The van der Waals surface area contributed by atoms with Gasteiger partial charge in [-0.05, 0) is 20.4 Å². The summed E-state index contributed by atoms with van der Waals surface area (Å²) in [7, 11) is 0. The number of rotatable bonds is 4. The first-order valence-corrected chi connectivity index (χ1v) is 4.16. The molecule has 0 aliphatic rings. The minimum atomic E-state index is -4.37. The molecule has 0 radical (unpaired) electrons. The average molecular weight is 213 g/mol. The Morgan fingerprint density at radius 1 is 1.36 bits per heavy atom. The smallest absolute Gasteiger partial charge is 0.401 e. The van der Waals surface area contributed by atoms with Crippen LogP contribution in [0.1, 0.15) is 20.8 Å². The molecule has 0 aromatic heterocycles. The van der Waals surface area contributed by atoms with Crippen LogP contribution >= 0.6 is 0 Å². The van der Waals surface area contributed by atoms with E-state index in [1.54, 1.807) is 0 Å². The molecule has 3 nitrogen and oxygen atoms in total. The number of carboxylic acid groups (broad SMARTS) is 1. The minimum Gasteiger partial charge on any atom is -0.480 e. The van der Waals surface area contributed by atoms with E-state index in [0.29, 0.717) is 0 Å². The second-order valence-corrected chi connectivity index (χ2v) is 3.49. The number of halogens is 3. The normalized spacial score (nSPS) is 13.4. The molecule has 0 heterocycles. The molecule has 14 heavy (non-hydrogen) atoms. The molecule has 6 heteroatoms. The molecule has 0 saturated carbocycles. The molecule has 0 aliphatic carbocycles. The number of carbonyl (C=O) groups is 1. The van der Waals surface area contributed by atoms with Crippen molar-refractivity contribution in [3.63, 3.8) is 0 Å². The van der Waals surface area contributed by atoms with Gasteiger partial charge in [0.25, 0.3) is 0 Å². The van der Waals surface area contributed by atoms with Crippen LogP contribution < -0.4 is 0 Å². The zero-order valence-corrected chi connectivity index (χ0v) is 8.35. The van der Waals surface area contributed by atoms with Gasteiger partial charge in [-0.1, -0.05) is 6.92 Å². The summed E-state index contributed by atoms with van der Waals surface area (Å²) in [6, 6.07) is 0. The van der Waals surface area contributed by atoms with Crippen LogP contribution in [-0.4, -0.2) is 40.8 Å². The number of nitrogens with zero attached hydrogens (tertiary/aromatic N) is 1. The van der Waals surface area contributed by atoms with E-state index in [9.17, 15) is 18.0 Å². The van der Waals surface area contributed by atoms with Crippen molar-refractivity contribution in [2.75, 3.05) is 13.1 Å². The third-order valence-electron chi connectivity index (χ3n) is 2.07. The molecular weight excluding hydrogens is 199 g/mol. The predicted molar refractivity (Wildman–Crippen MR) is 45.0 cm³/mol. The summed E-state index contributed by atoms with van der Waals surface area (Å²) < 4.78 is 36.2. The zero-order valence-electron chi connectivity index (χ0n) is 8.35. The number of hydrogen-bond donors (Lipinski definition) is 1. The van der Waals surface area contributed by atoms with E-state index >= 15 is 0 Å². The van der Waals surface area contributed by atoms with E-state index in [1.165, 1.54) is 20.8 Å². The van der Waals surface area contributed by atoms with Crippen LogP contribution in [0.4, 0.5) is 13.2 Å². The van der Waals surface area contributed by atoms with Crippen molar-refractivity contribution in [3.8, 4) is 0 Å². The van der Waals surface area contributed by atoms with Crippen molar-refractivity contribution in [3.05, 3.63) is 0 Å². The van der Waals surface area contributed by atoms with E-state index in [0.717, 1.165) is 4.90 Å². The predicted octanol–water partition coefficient (Wildman–Crippen LogP) is 1.73. The van der Waals surface area contributed by atoms with Gasteiger partial charge in [0.15, 0.2) is 0 Å². The van der Waals surface area contributed by atoms with Gasteiger partial charge >= 0.3 is 12.1 Å². The first-order valence-electron chi connectivity index (χ1n) is 4.16. The van der Waals surface area contributed by atoms with E-state index in [4.69, 9.17) is 5.11 Å². The molecule has 0 aromatic rings. The van der Waals surface area contributed by atoms with Gasteiger partial charge in [-0.2, -0.15) is 13.2 Å². The highest BCUT2D eigenvalue weighted by Gasteiger charge is 2.40. The standard InChI is InChI=1S/C8H14F3NO2/c1-4-12(5-8(9,10)11)7(2,3)6(13)14/h4-5H2,1-3H3,(H,13,14). The van der Waals surface area contributed by atoms with E-state index in [-0.39, 0.29) is 6.54 Å². The van der Waals surface area contributed by atoms with Gasteiger partial charge in [0.05, 0.1) is 6.54 Å². The van der Waals surface area contributed by atoms with E-state index in [2.05, 4.69) is 0 Å². The van der Waals surface area contributed by atoms with Crippen molar-refractivity contribution in [2.45, 2.75) is 32.5 Å². The van der Waals surface area contributed by atoms with Crippen molar-refractivity contribution in [1.29, 1.82) is 0 Å². The molecule has 0 spiro atoms. The quantitative estimate of drug-likeness (QED) is 0.773. The van der Waals surface area contributed by atoms with E-state index < -0.39 is 24.2 Å². The Morgan fingerprint density at radius 2 is 1.79 bits per heavy atom. The fourth-order valence-corrected chi connectivity index (χ4v) is 1.06. The molecule has 0 aromatic carbocycles. The molecule has 1 N–H and O–H groups in total. The first kappa shape index (κ1) is 13.2. The third-order valence-corrected chi connectivity index (χ3v) is 2.07. The Kier molecular flexibility index (Phi) is 3.93. The molecule has 0 saturated heterocycles. The van der Waals surface area contributed by atoms with Crippen molar-refractivity contribution in [1.82, 2.24) is 4.90 Å². The zero-order chi connectivity index (χ0) is 11.6. The fourth-order valence-electron chi connectivity index (χ4n) is 1.06. The van der Waals surface area contributed by atoms with Crippen LogP contribution in [0.25, 0.3) is 0 Å². The summed E-state index contributed by atoms with van der Waals surface area (Å²) in [5, 5.41) is 8.73. The minimum absolute atomic E-state index is 0.0405. The number of hydrogen-bond acceptors (Lipinski definition) is 2. The lowest BCUT2D eigenvalue weighted by Crippen LogP contribution is -2.53. The summed E-state index contributed by atoms with van der Waals surface area (Å²) >= 11 is 0. The summed E-state index contributed by atoms with van der Waals surface area (Å²) in [5.74, 6) is -1.26. The van der Waals surface area contributed by atoms with Crippen LogP contribution in [0.2, 0.25) is 0 Å². The maximum absolute atomic E-state index is 12.1. The van der Waals surface area contributed by atoms with Gasteiger partial charge < -0.3 is 5.11 Å². The van der Waals surface area contributed by atoms with Crippen LogP contribution in [0.5, 0.6) is 0 Å². The van der Waals surface area contributed by atoms with Crippen LogP contribution in [-0.2, 0) is 4.79 Å². The Morgan fingerprint density at radius 3 is 2.00 bits per heavy atom. The monoisotopic (exact) mass is 213 g/mol. The second kappa shape index (κ2) is 4.16. The second-order valence-electron chi connectivity index (χ2n) is 3.49. The number of carboxylic acids is 1. The van der Waals surface area contributed by atoms with Crippen molar-refractivity contribution < 1.29 is 23.1 Å². The average Bonchev–Trinajstić information content (AvgIpc) is 1.97. The summed E-state index contributed by atoms with van der Waals surface area (Å²) in [6.07, 6.45) is -4.37. The molecule has 0 fully saturated rings. The van der Waals surface area contributed by atoms with Crippen LogP contribution in [0.15, 0.2) is 0 Å². The lowest BCUT2D eigenvalue weighted by Gasteiger charge is -2.34. The highest BCUT2D eigenvalue weighted by molar-refractivity contribution is 5.77. The Hall–Kier alpha value is -0.780. The molecule has 0 amide bonds. The summed E-state index contributed by atoms with van der Waals surface area (Å²) in [4.78, 5) is 11.6. The van der Waals surface area contributed by atoms with Gasteiger partial charge in [-0.3, -0.25) is 9.69 Å². The highest BCUT2D eigenvalue weighted by Crippen LogP contribution is 2.22. The number of alkyl halides is 3. The van der Waals surface area contributed by atoms with Gasteiger partial charge in [-0.25, -0.2) is 0 Å². The number of aliphatic carboxylic acids is 1. The van der Waals surface area contributed by atoms with E-state index in [1.807, 2.05) is 0 Å². The largest absolute Gasteiger partial charge is 0.480 e. The van der Waals surface area contributed by atoms with Gasteiger partial charge in [-0.15, -0.1) is 0 Å². The highest BCUT2D eigenvalue weighted by atomic mass is 19.4. The Bertz CT molecular complexity index is 213. The Labute approximate surface area is 80.5 Å². The maximum Gasteiger partial charge on any atom is 0.401 e. The third kappa shape index (κ3) is 3.53. The van der Waals surface area contributed by atoms with Crippen molar-refractivity contribution >= 4 is 5.97 Å². The molecule has 0 unspecified atom stereocenters. The molecule has 84 valence electrons. The first-order chi connectivity index (χ1) is 6.11. The molecule has 0 atom stereocenters. The lowest BCUT2D eigenvalue weighted by molar-refractivity contribution is -0.170. The maximum atomic E-state index is 12.1. The topological polar surface area (TPSA) is 40.5 Å². The SMILES string of the molecule is CCN(CC(F)(F)F)C(C)(C)C(=O)O. The molecule has 0 aliphatic heterocycles. The summed E-state index contributed by atoms with van der Waals surface area (Å²) in [6.45, 7) is 2.84. The number of likely N-dealkylation sites (N-methyl/N-ethyl adjacent to an activating group) is 1. The lowest BCUT2D eigenvalue weighted by atomic mass is 10.0. The molecule has 0 bridgehead atoms. The van der Waals surface area contributed by atoms with Crippen LogP contribution in [0.3, 0.4) is 0 Å². The van der Waals surface area contributed by atoms with Crippen molar-refractivity contribution in [2.24, 2.45) is 0 Å². The fraction of sp³-hybridized carbons (Fsp3) is 0.875. The molecular formula is C8H14F3NO2. The Balaban J connectivity index is 4.65. The van der Waals surface area contributed by atoms with Gasteiger partial charge in [0.2, 0.25) is 0 Å². The van der Waals surface area contributed by atoms with Crippen LogP contribution in [0, 0.1) is 0 Å². The van der Waals surface area contributed by atoms with Gasteiger partial charge in [0.1, 0.15) is 5.54 Å².